The number of hydroxylamine groups is 2. The Balaban J connectivity index is 1.78. The van der Waals surface area contributed by atoms with E-state index in [1.807, 2.05) is 27.7 Å². The van der Waals surface area contributed by atoms with Crippen molar-refractivity contribution in [2.24, 2.45) is 34.2 Å². The maximum atomic E-state index is 12.8. The molecule has 0 radical (unpaired) electrons. The van der Waals surface area contributed by atoms with Gasteiger partial charge in [0.2, 0.25) is 6.04 Å². The molecule has 6 aliphatic rings. The molecule has 1 saturated heterocycles. The molecule has 0 aromatic rings. The quantitative estimate of drug-likeness (QED) is 0.507. The van der Waals surface area contributed by atoms with E-state index in [2.05, 4.69) is 5.11 Å². The summed E-state index contributed by atoms with van der Waals surface area (Å²) < 4.78 is 0. The van der Waals surface area contributed by atoms with Crippen LogP contribution >= 0.6 is 0 Å². The van der Waals surface area contributed by atoms with Crippen LogP contribution in [-0.2, 0) is 0 Å². The summed E-state index contributed by atoms with van der Waals surface area (Å²) in [6.45, 7) is 7.88. The Labute approximate surface area is 135 Å². The zero-order chi connectivity index (χ0) is 16.5. The van der Waals surface area contributed by atoms with E-state index >= 15 is 0 Å². The van der Waals surface area contributed by atoms with E-state index in [1.165, 1.54) is 0 Å². The van der Waals surface area contributed by atoms with E-state index < -0.39 is 16.5 Å². The fraction of sp³-hybridized carbons (Fsp3) is 1.00. The van der Waals surface area contributed by atoms with Gasteiger partial charge in [0.25, 0.3) is 5.54 Å². The van der Waals surface area contributed by atoms with Crippen LogP contribution in [0.4, 0.5) is 0 Å². The number of nitroso groups, excluding NO2 is 1. The van der Waals surface area contributed by atoms with Crippen molar-refractivity contribution in [3.05, 3.63) is 15.3 Å². The van der Waals surface area contributed by atoms with Crippen molar-refractivity contribution in [2.45, 2.75) is 70.1 Å². The molecule has 3 heterocycles. The van der Waals surface area contributed by atoms with Gasteiger partial charge >= 0.3 is 0 Å². The number of rotatable bonds is 0. The third-order valence-corrected chi connectivity index (χ3v) is 8.92. The van der Waals surface area contributed by atoms with Crippen LogP contribution in [0.2, 0.25) is 0 Å². The first-order valence-electron chi connectivity index (χ1n) is 8.81. The number of hydrogen-bond donors (Lipinski definition) is 0. The third kappa shape index (κ3) is 1.07. The molecule has 23 heavy (non-hydrogen) atoms. The fourth-order valence-electron chi connectivity index (χ4n) is 7.31. The van der Waals surface area contributed by atoms with Crippen LogP contribution in [0.5, 0.6) is 0 Å². The largest absolute Gasteiger partial charge is 0.704 e. The second-order valence-electron chi connectivity index (χ2n) is 9.18. The molecule has 3 aliphatic heterocycles. The minimum absolute atomic E-state index is 0.000231. The van der Waals surface area contributed by atoms with E-state index in [1.54, 1.807) is 0 Å². The monoisotopic (exact) mass is 320 g/mol. The molecule has 4 fully saturated rings. The third-order valence-electron chi connectivity index (χ3n) is 8.92. The molecule has 126 valence electrons. The number of hydrazine groups is 1. The molecule has 3 aliphatic carbocycles. The zero-order valence-electron chi connectivity index (χ0n) is 14.1. The Bertz CT molecular complexity index is 664. The molecule has 0 aromatic heterocycles. The van der Waals surface area contributed by atoms with Crippen LogP contribution in [0, 0.1) is 44.4 Å². The van der Waals surface area contributed by atoms with Gasteiger partial charge in [0.1, 0.15) is 22.4 Å². The van der Waals surface area contributed by atoms with Gasteiger partial charge in [0, 0.05) is 18.8 Å². The lowest BCUT2D eigenvalue weighted by atomic mass is 9.58. The van der Waals surface area contributed by atoms with Crippen molar-refractivity contribution in [3.63, 3.8) is 0 Å². The van der Waals surface area contributed by atoms with Gasteiger partial charge in [-0.05, 0) is 30.8 Å². The molecule has 7 nitrogen and oxygen atoms in total. The molecule has 3 saturated carbocycles. The molecule has 7 heteroatoms. The van der Waals surface area contributed by atoms with Gasteiger partial charge in [0.15, 0.2) is 0 Å². The highest BCUT2D eigenvalue weighted by molar-refractivity contribution is 5.29. The van der Waals surface area contributed by atoms with Gasteiger partial charge in [-0.3, -0.25) is 0 Å². The molecule has 8 atom stereocenters. The Kier molecular flexibility index (Phi) is 2.18. The second kappa shape index (κ2) is 3.55. The zero-order valence-corrected chi connectivity index (χ0v) is 14.1. The van der Waals surface area contributed by atoms with Crippen molar-refractivity contribution in [3.8, 4) is 0 Å². The lowest BCUT2D eigenvalue weighted by Crippen LogP contribution is -2.69. The van der Waals surface area contributed by atoms with Crippen molar-refractivity contribution < 1.29 is 9.73 Å². The SMILES string of the molecule is CC1(C)[C@@]2(C)[C@@H]3[C@H]4[C@@H]5CCC[C@@H]5[C@H](N=[N+]4[O-])[C@@H]3[C@]1(C)N([O-])[N+]2=O. The number of azo groups is 1. The van der Waals surface area contributed by atoms with Gasteiger partial charge in [-0.25, -0.2) is 0 Å². The average molecular weight is 320 g/mol. The molecule has 0 N–H and O–H groups in total. The van der Waals surface area contributed by atoms with Gasteiger partial charge in [-0.2, -0.15) is 5.17 Å². The maximum Gasteiger partial charge on any atom is 0.257 e. The summed E-state index contributed by atoms with van der Waals surface area (Å²) in [4.78, 5) is 14.4. The summed E-state index contributed by atoms with van der Waals surface area (Å²) >= 11 is 0. The Morgan fingerprint density at radius 3 is 2.48 bits per heavy atom. The van der Waals surface area contributed by atoms with E-state index in [4.69, 9.17) is 0 Å². The molecule has 0 spiro atoms. The van der Waals surface area contributed by atoms with Crippen LogP contribution in [0.3, 0.4) is 0 Å². The Morgan fingerprint density at radius 1 is 1.13 bits per heavy atom. The first-order valence-corrected chi connectivity index (χ1v) is 8.81. The van der Waals surface area contributed by atoms with Crippen molar-refractivity contribution in [2.75, 3.05) is 0 Å². The minimum Gasteiger partial charge on any atom is -0.704 e. The molecule has 4 bridgehead atoms. The Hall–Kier alpha value is -1.24. The number of hydrogen-bond acceptors (Lipinski definition) is 4. The van der Waals surface area contributed by atoms with Crippen LogP contribution in [0.15, 0.2) is 5.11 Å². The Morgan fingerprint density at radius 2 is 1.78 bits per heavy atom. The summed E-state index contributed by atoms with van der Waals surface area (Å²) in [5.41, 5.74) is -2.13. The van der Waals surface area contributed by atoms with E-state index in [9.17, 15) is 15.3 Å². The van der Waals surface area contributed by atoms with Crippen LogP contribution < -0.4 is 0 Å². The van der Waals surface area contributed by atoms with Crippen LogP contribution in [0.1, 0.15) is 47.0 Å². The minimum atomic E-state index is -0.844. The predicted molar refractivity (Wildman–Crippen MR) is 80.9 cm³/mol. The molecule has 0 amide bonds. The summed E-state index contributed by atoms with van der Waals surface area (Å²) in [6.07, 6.45) is 3.28. The smallest absolute Gasteiger partial charge is 0.257 e. The molecule has 0 aromatic carbocycles. The van der Waals surface area contributed by atoms with Crippen LogP contribution in [0.25, 0.3) is 0 Å². The van der Waals surface area contributed by atoms with Gasteiger partial charge in [0.05, 0.1) is 10.3 Å². The highest BCUT2D eigenvalue weighted by Crippen LogP contribution is 2.73. The van der Waals surface area contributed by atoms with E-state index in [0.717, 1.165) is 24.1 Å². The van der Waals surface area contributed by atoms with Crippen molar-refractivity contribution in [1.82, 2.24) is 5.17 Å². The fourth-order valence-corrected chi connectivity index (χ4v) is 7.31. The summed E-state index contributed by atoms with van der Waals surface area (Å²) in [5, 5.41) is 30.5. The van der Waals surface area contributed by atoms with Crippen LogP contribution in [-0.4, -0.2) is 38.1 Å². The first-order chi connectivity index (χ1) is 10.7. The highest BCUT2D eigenvalue weighted by Gasteiger charge is 2.91. The lowest BCUT2D eigenvalue weighted by Gasteiger charge is -2.54. The topological polar surface area (TPSA) is 84.8 Å². The highest BCUT2D eigenvalue weighted by atomic mass is 16.6. The molecule has 0 unspecified atom stereocenters. The van der Waals surface area contributed by atoms with E-state index in [0.29, 0.717) is 21.9 Å². The van der Waals surface area contributed by atoms with Gasteiger partial charge < -0.3 is 10.4 Å². The summed E-state index contributed by atoms with van der Waals surface area (Å²) in [6, 6.07) is -0.347. The maximum absolute atomic E-state index is 12.8. The predicted octanol–water partition coefficient (Wildman–Crippen LogP) is 2.43. The lowest BCUT2D eigenvalue weighted by molar-refractivity contribution is -0.771. The molecule has 6 rings (SSSR count). The van der Waals surface area contributed by atoms with Crippen molar-refractivity contribution in [1.29, 1.82) is 0 Å². The summed E-state index contributed by atoms with van der Waals surface area (Å²) in [5.74, 6) is 0.667. The van der Waals surface area contributed by atoms with E-state index in [-0.39, 0.29) is 23.9 Å². The molecular formula is C16H24N4O3. The number of fused-ring (bicyclic) bond motifs is 2. The first kappa shape index (κ1) is 14.1. The molecular weight excluding hydrogens is 296 g/mol. The average Bonchev–Trinajstić information content (AvgIpc) is 3.07. The standard InChI is InChI=1S/C16H24N4O3/c1-14(2)15(3)10-11(16(14,4)20(23)19(15)22)13-9-7-5-6-8(9)12(10)17-18(13)21/h8-13H,5-7H2,1-4H3/t8-,9+,10+,11-,12-,13+,15-,16+/m0/s1. The normalized spacial score (nSPS) is 58.4. The van der Waals surface area contributed by atoms with Crippen molar-refractivity contribution >= 4 is 0 Å². The second-order valence-corrected chi connectivity index (χ2v) is 9.18. The van der Waals surface area contributed by atoms with Gasteiger partial charge in [-0.15, -0.1) is 0 Å². The number of nitrogens with zero attached hydrogens (tertiary/aromatic N) is 4. The van der Waals surface area contributed by atoms with Gasteiger partial charge in [-0.1, -0.05) is 25.1 Å². The summed E-state index contributed by atoms with van der Waals surface area (Å²) in [7, 11) is 0.